The number of aryl methyl sites for hydroxylation is 1. The van der Waals surface area contributed by atoms with E-state index in [9.17, 15) is 4.39 Å². The second-order valence-corrected chi connectivity index (χ2v) is 2.86. The maximum Gasteiger partial charge on any atom is 0.152 e. The Labute approximate surface area is 74.2 Å². The molecule has 0 N–H and O–H groups in total. The van der Waals surface area contributed by atoms with E-state index in [2.05, 4.69) is 0 Å². The number of fused-ring (bicyclic) bond motifs is 1. The molecule has 1 aromatic carbocycles. The first-order valence-corrected chi connectivity index (χ1v) is 3.80. The molecule has 64 valence electrons. The van der Waals surface area contributed by atoms with E-state index in [1.165, 1.54) is 18.4 Å². The maximum atomic E-state index is 12.9. The van der Waals surface area contributed by atoms with Crippen molar-refractivity contribution in [2.24, 2.45) is 0 Å². The third-order valence-electron chi connectivity index (χ3n) is 1.95. The van der Waals surface area contributed by atoms with Gasteiger partial charge < -0.3 is 4.42 Å². The minimum Gasteiger partial charge on any atom is -0.463 e. The standard InChI is InChI=1S/C10H6FNO/c1-6-5-13-10-7(4-12)2-8(11)3-9(6)10/h2-3,5H,1H3. The van der Waals surface area contributed by atoms with E-state index in [0.717, 1.165) is 5.56 Å². The van der Waals surface area contributed by atoms with Crippen molar-refractivity contribution in [1.82, 2.24) is 0 Å². The Hall–Kier alpha value is -1.82. The predicted octanol–water partition coefficient (Wildman–Crippen LogP) is 2.75. The molecule has 0 saturated carbocycles. The van der Waals surface area contributed by atoms with Crippen molar-refractivity contribution in [3.63, 3.8) is 0 Å². The first-order chi connectivity index (χ1) is 6.22. The second-order valence-electron chi connectivity index (χ2n) is 2.86. The average molecular weight is 175 g/mol. The molecule has 0 aliphatic carbocycles. The van der Waals surface area contributed by atoms with Gasteiger partial charge in [0.1, 0.15) is 11.9 Å². The molecule has 0 radical (unpaired) electrons. The number of halogens is 1. The third kappa shape index (κ3) is 1.07. The molecular weight excluding hydrogens is 169 g/mol. The van der Waals surface area contributed by atoms with Gasteiger partial charge in [-0.1, -0.05) is 0 Å². The summed E-state index contributed by atoms with van der Waals surface area (Å²) in [7, 11) is 0. The van der Waals surface area contributed by atoms with E-state index in [-0.39, 0.29) is 5.56 Å². The molecule has 0 unspecified atom stereocenters. The van der Waals surface area contributed by atoms with Crippen LogP contribution in [0.25, 0.3) is 11.0 Å². The summed E-state index contributed by atoms with van der Waals surface area (Å²) in [5.74, 6) is -0.409. The molecule has 0 saturated heterocycles. The minimum atomic E-state index is -0.409. The van der Waals surface area contributed by atoms with Crippen molar-refractivity contribution in [3.8, 4) is 6.07 Å². The lowest BCUT2D eigenvalue weighted by molar-refractivity contribution is 0.606. The molecule has 1 heterocycles. The fourth-order valence-electron chi connectivity index (χ4n) is 1.31. The second kappa shape index (κ2) is 2.60. The van der Waals surface area contributed by atoms with Crippen molar-refractivity contribution in [2.45, 2.75) is 6.92 Å². The Morgan fingerprint density at radius 1 is 1.46 bits per heavy atom. The van der Waals surface area contributed by atoms with E-state index in [4.69, 9.17) is 9.68 Å². The summed E-state index contributed by atoms with van der Waals surface area (Å²) in [6.45, 7) is 1.81. The van der Waals surface area contributed by atoms with E-state index in [1.54, 1.807) is 0 Å². The van der Waals surface area contributed by atoms with Gasteiger partial charge in [0.25, 0.3) is 0 Å². The van der Waals surface area contributed by atoms with Crippen LogP contribution in [-0.2, 0) is 0 Å². The van der Waals surface area contributed by atoms with Gasteiger partial charge in [0, 0.05) is 5.39 Å². The van der Waals surface area contributed by atoms with Crippen LogP contribution in [0.2, 0.25) is 0 Å². The van der Waals surface area contributed by atoms with Crippen LogP contribution < -0.4 is 0 Å². The van der Waals surface area contributed by atoms with E-state index in [1.807, 2.05) is 13.0 Å². The molecular formula is C10H6FNO. The summed E-state index contributed by atoms with van der Waals surface area (Å²) in [5.41, 5.74) is 1.54. The van der Waals surface area contributed by atoms with Crippen LogP contribution in [0.15, 0.2) is 22.8 Å². The summed E-state index contributed by atoms with van der Waals surface area (Å²) in [4.78, 5) is 0. The summed E-state index contributed by atoms with van der Waals surface area (Å²) in [6, 6.07) is 4.43. The van der Waals surface area contributed by atoms with Gasteiger partial charge in [-0.3, -0.25) is 0 Å². The Balaban J connectivity index is 2.94. The van der Waals surface area contributed by atoms with Crippen LogP contribution in [0, 0.1) is 24.1 Å². The normalized spacial score (nSPS) is 10.2. The average Bonchev–Trinajstić information content (AvgIpc) is 2.47. The van der Waals surface area contributed by atoms with Gasteiger partial charge in [-0.2, -0.15) is 5.26 Å². The Bertz CT molecular complexity index is 507. The van der Waals surface area contributed by atoms with E-state index < -0.39 is 5.82 Å². The highest BCUT2D eigenvalue weighted by atomic mass is 19.1. The van der Waals surface area contributed by atoms with Crippen LogP contribution >= 0.6 is 0 Å². The number of benzene rings is 1. The van der Waals surface area contributed by atoms with Gasteiger partial charge in [0.05, 0.1) is 11.8 Å². The van der Waals surface area contributed by atoms with Crippen LogP contribution in [0.4, 0.5) is 4.39 Å². The van der Waals surface area contributed by atoms with Crippen molar-refractivity contribution < 1.29 is 8.81 Å². The predicted molar refractivity (Wildman–Crippen MR) is 45.6 cm³/mol. The third-order valence-corrected chi connectivity index (χ3v) is 1.95. The van der Waals surface area contributed by atoms with Crippen LogP contribution in [0.5, 0.6) is 0 Å². The maximum absolute atomic E-state index is 12.9. The number of nitriles is 1. The molecule has 0 amide bonds. The lowest BCUT2D eigenvalue weighted by Gasteiger charge is -1.93. The number of hydrogen-bond acceptors (Lipinski definition) is 2. The van der Waals surface area contributed by atoms with E-state index in [0.29, 0.717) is 11.0 Å². The molecule has 0 aliphatic rings. The molecule has 0 atom stereocenters. The smallest absolute Gasteiger partial charge is 0.152 e. The first kappa shape index (κ1) is 7.81. The van der Waals surface area contributed by atoms with Crippen molar-refractivity contribution in [1.29, 1.82) is 5.26 Å². The molecule has 2 aromatic rings. The Kier molecular flexibility index (Phi) is 1.56. The topological polar surface area (TPSA) is 36.9 Å². The fourth-order valence-corrected chi connectivity index (χ4v) is 1.31. The molecule has 3 heteroatoms. The highest BCUT2D eigenvalue weighted by molar-refractivity contribution is 5.85. The van der Waals surface area contributed by atoms with Gasteiger partial charge in [-0.05, 0) is 24.6 Å². The van der Waals surface area contributed by atoms with Gasteiger partial charge >= 0.3 is 0 Å². The van der Waals surface area contributed by atoms with Crippen LogP contribution in [0.3, 0.4) is 0 Å². The number of hydrogen-bond donors (Lipinski definition) is 0. The summed E-state index contributed by atoms with van der Waals surface area (Å²) >= 11 is 0. The summed E-state index contributed by atoms with van der Waals surface area (Å²) < 4.78 is 18.1. The molecule has 0 spiro atoms. The zero-order valence-electron chi connectivity index (χ0n) is 6.97. The summed E-state index contributed by atoms with van der Waals surface area (Å²) in [6.07, 6.45) is 1.52. The van der Waals surface area contributed by atoms with Gasteiger partial charge in [0.2, 0.25) is 0 Å². The number of nitrogens with zero attached hydrogens (tertiary/aromatic N) is 1. The number of rotatable bonds is 0. The Morgan fingerprint density at radius 3 is 2.92 bits per heavy atom. The van der Waals surface area contributed by atoms with Gasteiger partial charge in [-0.25, -0.2) is 4.39 Å². The molecule has 2 nitrogen and oxygen atoms in total. The summed E-state index contributed by atoms with van der Waals surface area (Å²) in [5, 5.41) is 9.36. The Morgan fingerprint density at radius 2 is 2.23 bits per heavy atom. The zero-order valence-corrected chi connectivity index (χ0v) is 6.97. The van der Waals surface area contributed by atoms with Crippen molar-refractivity contribution in [2.75, 3.05) is 0 Å². The molecule has 0 fully saturated rings. The van der Waals surface area contributed by atoms with E-state index >= 15 is 0 Å². The first-order valence-electron chi connectivity index (χ1n) is 3.80. The minimum absolute atomic E-state index is 0.239. The highest BCUT2D eigenvalue weighted by Gasteiger charge is 2.08. The monoisotopic (exact) mass is 175 g/mol. The largest absolute Gasteiger partial charge is 0.463 e. The molecule has 1 aromatic heterocycles. The van der Waals surface area contributed by atoms with Gasteiger partial charge in [0.15, 0.2) is 5.58 Å². The SMILES string of the molecule is Cc1coc2c(C#N)cc(F)cc12. The van der Waals surface area contributed by atoms with Crippen LogP contribution in [0.1, 0.15) is 11.1 Å². The van der Waals surface area contributed by atoms with Crippen LogP contribution in [-0.4, -0.2) is 0 Å². The zero-order chi connectivity index (χ0) is 9.42. The highest BCUT2D eigenvalue weighted by Crippen LogP contribution is 2.24. The number of furan rings is 1. The molecule has 0 aliphatic heterocycles. The molecule has 13 heavy (non-hydrogen) atoms. The lowest BCUT2D eigenvalue weighted by Crippen LogP contribution is -1.80. The molecule has 0 bridgehead atoms. The van der Waals surface area contributed by atoms with Gasteiger partial charge in [-0.15, -0.1) is 0 Å². The quantitative estimate of drug-likeness (QED) is 0.617. The molecule has 2 rings (SSSR count). The fraction of sp³-hybridized carbons (Fsp3) is 0.100. The van der Waals surface area contributed by atoms with Crippen molar-refractivity contribution in [3.05, 3.63) is 35.3 Å². The van der Waals surface area contributed by atoms with Crippen molar-refractivity contribution >= 4 is 11.0 Å². The lowest BCUT2D eigenvalue weighted by atomic mass is 10.1.